The van der Waals surface area contributed by atoms with Gasteiger partial charge in [-0.25, -0.2) is 21.9 Å². The molecule has 0 amide bonds. The molecule has 0 aliphatic heterocycles. The molecule has 5 nitrogen and oxygen atoms in total. The van der Waals surface area contributed by atoms with E-state index in [0.717, 1.165) is 18.2 Å². The summed E-state index contributed by atoms with van der Waals surface area (Å²) in [5, 5.41) is 9.02. The molecule has 1 unspecified atom stereocenters. The SMILES string of the molecule is CC(C)CC(CNS(=O)(=O)c1cccc(F)c1F)C(=O)O. The van der Waals surface area contributed by atoms with E-state index in [4.69, 9.17) is 5.11 Å². The van der Waals surface area contributed by atoms with E-state index < -0.39 is 38.4 Å². The number of halogens is 2. The van der Waals surface area contributed by atoms with Crippen molar-refractivity contribution < 1.29 is 27.1 Å². The van der Waals surface area contributed by atoms with E-state index in [2.05, 4.69) is 0 Å². The minimum Gasteiger partial charge on any atom is -0.481 e. The molecule has 1 rings (SSSR count). The van der Waals surface area contributed by atoms with Crippen molar-refractivity contribution in [2.45, 2.75) is 25.2 Å². The molecule has 0 aliphatic rings. The number of carbonyl (C=O) groups is 1. The van der Waals surface area contributed by atoms with Crippen LogP contribution in [0.25, 0.3) is 0 Å². The van der Waals surface area contributed by atoms with Gasteiger partial charge in [0, 0.05) is 6.54 Å². The maximum Gasteiger partial charge on any atom is 0.307 e. The number of rotatable bonds is 7. The summed E-state index contributed by atoms with van der Waals surface area (Å²) in [6.07, 6.45) is 0.267. The van der Waals surface area contributed by atoms with Crippen LogP contribution < -0.4 is 4.72 Å². The zero-order valence-corrected chi connectivity index (χ0v) is 12.5. The highest BCUT2D eigenvalue weighted by Crippen LogP contribution is 2.18. The van der Waals surface area contributed by atoms with Crippen LogP contribution >= 0.6 is 0 Å². The van der Waals surface area contributed by atoms with Crippen molar-refractivity contribution in [3.05, 3.63) is 29.8 Å². The molecule has 1 aromatic carbocycles. The van der Waals surface area contributed by atoms with Crippen LogP contribution in [0.4, 0.5) is 8.78 Å². The number of hydrogen-bond acceptors (Lipinski definition) is 3. The van der Waals surface area contributed by atoms with Crippen LogP contribution in [-0.2, 0) is 14.8 Å². The van der Waals surface area contributed by atoms with Crippen LogP contribution in [0.1, 0.15) is 20.3 Å². The van der Waals surface area contributed by atoms with Gasteiger partial charge in [0.1, 0.15) is 4.90 Å². The molecule has 21 heavy (non-hydrogen) atoms. The highest BCUT2D eigenvalue weighted by Gasteiger charge is 2.25. The van der Waals surface area contributed by atoms with E-state index in [9.17, 15) is 22.0 Å². The summed E-state index contributed by atoms with van der Waals surface area (Å²) in [4.78, 5) is 10.2. The molecule has 1 atom stereocenters. The highest BCUT2D eigenvalue weighted by molar-refractivity contribution is 7.89. The minimum absolute atomic E-state index is 0.0570. The van der Waals surface area contributed by atoms with Gasteiger partial charge in [-0.3, -0.25) is 4.79 Å². The second-order valence-corrected chi connectivity index (χ2v) is 6.80. The van der Waals surface area contributed by atoms with Crippen molar-refractivity contribution in [3.8, 4) is 0 Å². The Kier molecular flexibility index (Phi) is 5.79. The summed E-state index contributed by atoms with van der Waals surface area (Å²) in [7, 11) is -4.31. The molecule has 1 aromatic rings. The quantitative estimate of drug-likeness (QED) is 0.804. The fourth-order valence-electron chi connectivity index (χ4n) is 1.82. The van der Waals surface area contributed by atoms with Gasteiger partial charge in [0.15, 0.2) is 11.6 Å². The van der Waals surface area contributed by atoms with E-state index in [1.54, 1.807) is 13.8 Å². The molecule has 0 saturated carbocycles. The first-order valence-corrected chi connectivity index (χ1v) is 7.80. The number of nitrogens with one attached hydrogen (secondary N) is 1. The number of hydrogen-bond donors (Lipinski definition) is 2. The Morgan fingerprint density at radius 2 is 1.95 bits per heavy atom. The van der Waals surface area contributed by atoms with Gasteiger partial charge >= 0.3 is 5.97 Å². The molecule has 8 heteroatoms. The zero-order valence-electron chi connectivity index (χ0n) is 11.6. The Bertz CT molecular complexity index is 617. The van der Waals surface area contributed by atoms with Crippen LogP contribution in [0.3, 0.4) is 0 Å². The number of benzene rings is 1. The van der Waals surface area contributed by atoms with Crippen molar-refractivity contribution >= 4 is 16.0 Å². The standard InChI is InChI=1S/C13H17F2NO4S/c1-8(2)6-9(13(17)18)7-16-21(19,20)11-5-3-4-10(14)12(11)15/h3-5,8-9,16H,6-7H2,1-2H3,(H,17,18). The lowest BCUT2D eigenvalue weighted by Gasteiger charge is -2.15. The van der Waals surface area contributed by atoms with Gasteiger partial charge in [0.05, 0.1) is 5.92 Å². The summed E-state index contributed by atoms with van der Waals surface area (Å²) in [6.45, 7) is 3.22. The summed E-state index contributed by atoms with van der Waals surface area (Å²) in [6, 6.07) is 2.78. The fraction of sp³-hybridized carbons (Fsp3) is 0.462. The Hall–Kier alpha value is -1.54. The average molecular weight is 321 g/mol. The lowest BCUT2D eigenvalue weighted by atomic mass is 9.98. The molecule has 0 spiro atoms. The third kappa shape index (κ3) is 4.75. The molecule has 0 radical (unpaired) electrons. The van der Waals surface area contributed by atoms with E-state index in [0.29, 0.717) is 0 Å². The maximum absolute atomic E-state index is 13.5. The topological polar surface area (TPSA) is 83.5 Å². The number of aliphatic carboxylic acids is 1. The molecule has 118 valence electrons. The van der Waals surface area contributed by atoms with Crippen molar-refractivity contribution in [2.75, 3.05) is 6.54 Å². The normalized spacial score (nSPS) is 13.4. The summed E-state index contributed by atoms with van der Waals surface area (Å²) in [5.41, 5.74) is 0. The second-order valence-electron chi connectivity index (χ2n) is 5.07. The smallest absolute Gasteiger partial charge is 0.307 e. The zero-order chi connectivity index (χ0) is 16.2. The van der Waals surface area contributed by atoms with Crippen molar-refractivity contribution in [3.63, 3.8) is 0 Å². The van der Waals surface area contributed by atoms with E-state index >= 15 is 0 Å². The second kappa shape index (κ2) is 6.95. The van der Waals surface area contributed by atoms with Crippen LogP contribution in [0.2, 0.25) is 0 Å². The summed E-state index contributed by atoms with van der Waals surface area (Å²) in [5.74, 6) is -4.79. The summed E-state index contributed by atoms with van der Waals surface area (Å²) >= 11 is 0. The monoisotopic (exact) mass is 321 g/mol. The maximum atomic E-state index is 13.5. The van der Waals surface area contributed by atoms with Gasteiger partial charge in [-0.15, -0.1) is 0 Å². The first kappa shape index (κ1) is 17.5. The van der Waals surface area contributed by atoms with Gasteiger partial charge in [0.25, 0.3) is 0 Å². The molecule has 0 heterocycles. The van der Waals surface area contributed by atoms with Gasteiger partial charge in [-0.1, -0.05) is 19.9 Å². The average Bonchev–Trinajstić information content (AvgIpc) is 2.36. The first-order chi connectivity index (χ1) is 9.65. The van der Waals surface area contributed by atoms with Crippen molar-refractivity contribution in [2.24, 2.45) is 11.8 Å². The predicted octanol–water partition coefficient (Wildman–Crippen LogP) is 1.99. The molecule has 0 fully saturated rings. The highest BCUT2D eigenvalue weighted by atomic mass is 32.2. The van der Waals surface area contributed by atoms with Gasteiger partial charge in [-0.2, -0.15) is 0 Å². The van der Waals surface area contributed by atoms with E-state index in [-0.39, 0.29) is 18.9 Å². The third-order valence-electron chi connectivity index (χ3n) is 2.83. The minimum atomic E-state index is -4.31. The van der Waals surface area contributed by atoms with Gasteiger partial charge in [0.2, 0.25) is 10.0 Å². The number of sulfonamides is 1. The first-order valence-electron chi connectivity index (χ1n) is 6.31. The Morgan fingerprint density at radius 3 is 2.48 bits per heavy atom. The molecule has 2 N–H and O–H groups in total. The van der Waals surface area contributed by atoms with Gasteiger partial charge < -0.3 is 5.11 Å². The van der Waals surface area contributed by atoms with Gasteiger partial charge in [-0.05, 0) is 24.5 Å². The van der Waals surface area contributed by atoms with E-state index in [1.807, 2.05) is 4.72 Å². The van der Waals surface area contributed by atoms with Crippen LogP contribution in [-0.4, -0.2) is 26.0 Å². The molecule has 0 bridgehead atoms. The lowest BCUT2D eigenvalue weighted by molar-refractivity contribution is -0.142. The Labute approximate surface area is 122 Å². The number of carboxylic acids is 1. The third-order valence-corrected chi connectivity index (χ3v) is 4.27. The molecule has 0 aromatic heterocycles. The van der Waals surface area contributed by atoms with Crippen LogP contribution in [0.5, 0.6) is 0 Å². The molecular weight excluding hydrogens is 304 g/mol. The predicted molar refractivity (Wildman–Crippen MR) is 72.1 cm³/mol. The molecular formula is C13H17F2NO4S. The Balaban J connectivity index is 2.90. The fourth-order valence-corrected chi connectivity index (χ4v) is 2.99. The summed E-state index contributed by atoms with van der Waals surface area (Å²) < 4.78 is 52.4. The number of carboxylic acid groups (broad SMARTS) is 1. The molecule has 0 aliphatic carbocycles. The van der Waals surface area contributed by atoms with Crippen molar-refractivity contribution in [1.82, 2.24) is 4.72 Å². The van der Waals surface area contributed by atoms with Crippen LogP contribution in [0, 0.1) is 23.5 Å². The van der Waals surface area contributed by atoms with Crippen molar-refractivity contribution in [1.29, 1.82) is 0 Å². The molecule has 0 saturated heterocycles. The lowest BCUT2D eigenvalue weighted by Crippen LogP contribution is -2.34. The largest absolute Gasteiger partial charge is 0.481 e. The van der Waals surface area contributed by atoms with E-state index in [1.165, 1.54) is 0 Å². The van der Waals surface area contributed by atoms with Crippen LogP contribution in [0.15, 0.2) is 23.1 Å². The Morgan fingerprint density at radius 1 is 1.33 bits per heavy atom.